The second kappa shape index (κ2) is 11.1. The minimum Gasteiger partial charge on any atom is -0.490 e. The van der Waals surface area contributed by atoms with Crippen molar-refractivity contribution in [3.05, 3.63) is 83.8 Å². The number of unbranched alkanes of at least 4 members (excludes halogenated alkanes) is 2. The molecule has 0 fully saturated rings. The van der Waals surface area contributed by atoms with Gasteiger partial charge in [0.25, 0.3) is 5.91 Å². The van der Waals surface area contributed by atoms with Gasteiger partial charge in [-0.1, -0.05) is 43.7 Å². The van der Waals surface area contributed by atoms with Crippen molar-refractivity contribution < 1.29 is 13.9 Å². The Hall–Kier alpha value is -3.21. The summed E-state index contributed by atoms with van der Waals surface area (Å²) < 4.78 is 20.3. The molecule has 0 unspecified atom stereocenters. The number of hydrogen-bond acceptors (Lipinski definition) is 3. The number of carbonyl (C=O) groups excluding carboxylic acids is 1. The first kappa shape index (κ1) is 21.5. The van der Waals surface area contributed by atoms with Gasteiger partial charge in [0.15, 0.2) is 11.6 Å². The summed E-state index contributed by atoms with van der Waals surface area (Å²) >= 11 is 0. The van der Waals surface area contributed by atoms with Crippen LogP contribution in [0.1, 0.15) is 48.5 Å². The van der Waals surface area contributed by atoms with E-state index in [0.29, 0.717) is 17.7 Å². The smallest absolute Gasteiger partial charge is 0.251 e. The molecule has 0 atom stereocenters. The standard InChI is InChI=1S/C25H27FN2O2/c1-2-3-4-5-6-7-16-30-23-12-8-10-21(24(23)26)18-28-25(29)20-13-14-22-19(17-20)11-9-15-27-22/h4-5,8-15,17H,2-3,6-7,16,18H2,1H3,(H,28,29). The second-order valence-corrected chi connectivity index (χ2v) is 7.07. The van der Waals surface area contributed by atoms with Crippen molar-refractivity contribution in [1.82, 2.24) is 10.3 Å². The third kappa shape index (κ3) is 5.89. The Morgan fingerprint density at radius 1 is 1.13 bits per heavy atom. The van der Waals surface area contributed by atoms with E-state index in [1.807, 2.05) is 12.1 Å². The van der Waals surface area contributed by atoms with Gasteiger partial charge < -0.3 is 10.1 Å². The Bertz CT molecular complexity index is 1020. The SMILES string of the molecule is CCCC=CCCCOc1cccc(CNC(=O)c2ccc3ncccc3c2)c1F. The molecule has 0 bridgehead atoms. The number of ether oxygens (including phenoxy) is 1. The van der Waals surface area contributed by atoms with E-state index < -0.39 is 5.82 Å². The van der Waals surface area contributed by atoms with Crippen LogP contribution in [0.25, 0.3) is 10.9 Å². The maximum absolute atomic E-state index is 14.7. The number of nitrogens with zero attached hydrogens (tertiary/aromatic N) is 1. The number of allylic oxidation sites excluding steroid dienone is 2. The molecule has 0 radical (unpaired) electrons. The average Bonchev–Trinajstić information content (AvgIpc) is 2.78. The molecule has 0 aliphatic heterocycles. The highest BCUT2D eigenvalue weighted by atomic mass is 19.1. The van der Waals surface area contributed by atoms with Crippen molar-refractivity contribution in [3.63, 3.8) is 0 Å². The molecule has 5 heteroatoms. The summed E-state index contributed by atoms with van der Waals surface area (Å²) in [4.78, 5) is 16.7. The molecule has 3 aromatic rings. The number of nitrogens with one attached hydrogen (secondary N) is 1. The van der Waals surface area contributed by atoms with E-state index in [9.17, 15) is 9.18 Å². The highest BCUT2D eigenvalue weighted by Crippen LogP contribution is 2.21. The monoisotopic (exact) mass is 406 g/mol. The van der Waals surface area contributed by atoms with Gasteiger partial charge in [0.05, 0.1) is 12.1 Å². The van der Waals surface area contributed by atoms with E-state index in [1.54, 1.807) is 42.6 Å². The molecule has 3 rings (SSSR count). The van der Waals surface area contributed by atoms with Crippen LogP contribution >= 0.6 is 0 Å². The molecule has 1 aromatic heterocycles. The van der Waals surface area contributed by atoms with Gasteiger partial charge >= 0.3 is 0 Å². The quantitative estimate of drug-likeness (QED) is 0.341. The number of pyridine rings is 1. The molecule has 1 amide bonds. The molecule has 0 aliphatic rings. The zero-order valence-corrected chi connectivity index (χ0v) is 17.2. The molecule has 156 valence electrons. The molecule has 1 heterocycles. The number of carbonyl (C=O) groups is 1. The predicted molar refractivity (Wildman–Crippen MR) is 118 cm³/mol. The van der Waals surface area contributed by atoms with Crippen molar-refractivity contribution in [2.24, 2.45) is 0 Å². The zero-order chi connectivity index (χ0) is 21.2. The molecule has 2 aromatic carbocycles. The van der Waals surface area contributed by atoms with Gasteiger partial charge in [0.2, 0.25) is 0 Å². The molecule has 1 N–H and O–H groups in total. The topological polar surface area (TPSA) is 51.2 Å². The maximum Gasteiger partial charge on any atom is 0.251 e. The van der Waals surface area contributed by atoms with Gasteiger partial charge in [-0.3, -0.25) is 9.78 Å². The van der Waals surface area contributed by atoms with Crippen LogP contribution in [0.5, 0.6) is 5.75 Å². The lowest BCUT2D eigenvalue weighted by molar-refractivity contribution is 0.0950. The van der Waals surface area contributed by atoms with Gasteiger partial charge in [-0.15, -0.1) is 0 Å². The Balaban J connectivity index is 1.54. The highest BCUT2D eigenvalue weighted by molar-refractivity contribution is 5.97. The van der Waals surface area contributed by atoms with Crippen molar-refractivity contribution in [3.8, 4) is 5.75 Å². The zero-order valence-electron chi connectivity index (χ0n) is 17.2. The van der Waals surface area contributed by atoms with Gasteiger partial charge in [-0.2, -0.15) is 0 Å². The summed E-state index contributed by atoms with van der Waals surface area (Å²) in [5.74, 6) is -0.469. The number of fused-ring (bicyclic) bond motifs is 1. The minimum absolute atomic E-state index is 0.0900. The largest absolute Gasteiger partial charge is 0.490 e. The second-order valence-electron chi connectivity index (χ2n) is 7.07. The first-order valence-corrected chi connectivity index (χ1v) is 10.4. The van der Waals surface area contributed by atoms with Crippen LogP contribution in [0.2, 0.25) is 0 Å². The molecule has 0 saturated carbocycles. The molecule has 0 spiro atoms. The maximum atomic E-state index is 14.7. The first-order chi connectivity index (χ1) is 14.7. The minimum atomic E-state index is -0.429. The van der Waals surface area contributed by atoms with E-state index in [2.05, 4.69) is 29.4 Å². The molecule has 0 saturated heterocycles. The fourth-order valence-electron chi connectivity index (χ4n) is 3.08. The van der Waals surface area contributed by atoms with Crippen LogP contribution < -0.4 is 10.1 Å². The van der Waals surface area contributed by atoms with Gasteiger partial charge in [0.1, 0.15) is 0 Å². The molecule has 0 aliphatic carbocycles. The van der Waals surface area contributed by atoms with Crippen molar-refractivity contribution in [1.29, 1.82) is 0 Å². The summed E-state index contributed by atoms with van der Waals surface area (Å²) in [5, 5.41) is 3.67. The third-order valence-electron chi connectivity index (χ3n) is 4.74. The number of rotatable bonds is 10. The van der Waals surface area contributed by atoms with E-state index in [0.717, 1.165) is 36.6 Å². The fraction of sp³-hybridized carbons (Fsp3) is 0.280. The van der Waals surface area contributed by atoms with Crippen LogP contribution in [0.4, 0.5) is 4.39 Å². The Morgan fingerprint density at radius 3 is 2.87 bits per heavy atom. The lowest BCUT2D eigenvalue weighted by Gasteiger charge is -2.11. The molecular formula is C25H27FN2O2. The first-order valence-electron chi connectivity index (χ1n) is 10.4. The van der Waals surface area contributed by atoms with E-state index in [1.165, 1.54) is 0 Å². The van der Waals surface area contributed by atoms with E-state index >= 15 is 0 Å². The number of amides is 1. The van der Waals surface area contributed by atoms with E-state index in [-0.39, 0.29) is 18.2 Å². The number of aromatic nitrogens is 1. The number of hydrogen-bond donors (Lipinski definition) is 1. The molecular weight excluding hydrogens is 379 g/mol. The Labute approximate surface area is 176 Å². The van der Waals surface area contributed by atoms with Crippen LogP contribution in [0.15, 0.2) is 66.9 Å². The van der Waals surface area contributed by atoms with E-state index in [4.69, 9.17) is 4.74 Å². The summed E-state index contributed by atoms with van der Waals surface area (Å²) in [7, 11) is 0. The lowest BCUT2D eigenvalue weighted by Crippen LogP contribution is -2.23. The highest BCUT2D eigenvalue weighted by Gasteiger charge is 2.12. The molecule has 4 nitrogen and oxygen atoms in total. The normalized spacial score (nSPS) is 11.1. The molecule has 30 heavy (non-hydrogen) atoms. The summed E-state index contributed by atoms with van der Waals surface area (Å²) in [6, 6.07) is 14.0. The van der Waals surface area contributed by atoms with Crippen LogP contribution in [0, 0.1) is 5.82 Å². The summed E-state index contributed by atoms with van der Waals surface area (Å²) in [6.07, 6.45) is 9.98. The van der Waals surface area contributed by atoms with Crippen LogP contribution in [-0.4, -0.2) is 17.5 Å². The van der Waals surface area contributed by atoms with Gasteiger partial charge in [-0.25, -0.2) is 4.39 Å². The van der Waals surface area contributed by atoms with Crippen molar-refractivity contribution in [2.75, 3.05) is 6.61 Å². The lowest BCUT2D eigenvalue weighted by atomic mass is 10.1. The summed E-state index contributed by atoms with van der Waals surface area (Å²) in [5.41, 5.74) is 1.73. The fourth-order valence-corrected chi connectivity index (χ4v) is 3.08. The Morgan fingerprint density at radius 2 is 2.00 bits per heavy atom. The van der Waals surface area contributed by atoms with Gasteiger partial charge in [0, 0.05) is 29.3 Å². The number of halogens is 1. The van der Waals surface area contributed by atoms with Crippen LogP contribution in [-0.2, 0) is 6.54 Å². The third-order valence-corrected chi connectivity index (χ3v) is 4.74. The average molecular weight is 407 g/mol. The predicted octanol–water partition coefficient (Wildman–Crippen LogP) is 5.82. The Kier molecular flexibility index (Phi) is 7.95. The summed E-state index contributed by atoms with van der Waals surface area (Å²) in [6.45, 7) is 2.69. The van der Waals surface area contributed by atoms with Crippen LogP contribution in [0.3, 0.4) is 0 Å². The number of benzene rings is 2. The van der Waals surface area contributed by atoms with Crippen molar-refractivity contribution in [2.45, 2.75) is 39.2 Å². The van der Waals surface area contributed by atoms with Gasteiger partial charge in [-0.05, 0) is 49.6 Å². The van der Waals surface area contributed by atoms with Crippen molar-refractivity contribution >= 4 is 16.8 Å².